The van der Waals surface area contributed by atoms with E-state index in [1.807, 2.05) is 0 Å². The van der Waals surface area contributed by atoms with Crippen molar-refractivity contribution in [1.82, 2.24) is 4.90 Å². The highest BCUT2D eigenvalue weighted by Crippen LogP contribution is 2.41. The second kappa shape index (κ2) is 7.26. The van der Waals surface area contributed by atoms with Crippen LogP contribution >= 0.6 is 11.8 Å². The van der Waals surface area contributed by atoms with Crippen molar-refractivity contribution in [2.75, 3.05) is 14.1 Å². The third kappa shape index (κ3) is 3.78. The molecule has 1 saturated heterocycles. The van der Waals surface area contributed by atoms with Gasteiger partial charge in [-0.15, -0.1) is 0 Å². The number of aliphatic hydroxyl groups excluding tert-OH is 2. The topological polar surface area (TPSA) is 74.5 Å². The number of fused-ring (bicyclic) bond motifs is 1. The van der Waals surface area contributed by atoms with Crippen molar-refractivity contribution in [3.05, 3.63) is 30.3 Å². The summed E-state index contributed by atoms with van der Waals surface area (Å²) in [7, 11) is 3.45. The molecule has 0 bridgehead atoms. The molecule has 1 aromatic carbocycles. The molecule has 0 spiro atoms. The fourth-order valence-corrected chi connectivity index (χ4v) is 3.95. The van der Waals surface area contributed by atoms with Crippen LogP contribution in [0.1, 0.15) is 0 Å². The second-order valence-corrected chi connectivity index (χ2v) is 7.32. The summed E-state index contributed by atoms with van der Waals surface area (Å²) in [5, 5.41) is 21.1. The number of aliphatic hydroxyl groups is 2. The molecule has 2 unspecified atom stereocenters. The number of para-hydroxylation sites is 1. The molecule has 6 nitrogen and oxygen atoms in total. The molecule has 1 fully saturated rings. The lowest BCUT2D eigenvalue weighted by atomic mass is 9.94. The summed E-state index contributed by atoms with van der Waals surface area (Å²) in [6.07, 6.45) is -12.3. The number of amidine groups is 1. The van der Waals surface area contributed by atoms with Crippen LogP contribution in [0.2, 0.25) is 0 Å². The zero-order valence-corrected chi connectivity index (χ0v) is 14.8. The Bertz CT molecular complexity index is 659. The molecule has 0 aliphatic carbocycles. The average Bonchev–Trinajstić information content (AvgIpc) is 3.01. The monoisotopic (exact) mass is 392 g/mol. The molecule has 10 heteroatoms. The third-order valence-electron chi connectivity index (χ3n) is 4.10. The van der Waals surface area contributed by atoms with Crippen LogP contribution in [0.25, 0.3) is 0 Å². The predicted octanol–water partition coefficient (Wildman–Crippen LogP) is 1.48. The molecule has 2 heterocycles. The average molecular weight is 392 g/mol. The smallest absolute Gasteiger partial charge is 0.428 e. The van der Waals surface area contributed by atoms with E-state index in [1.165, 1.54) is 24.3 Å². The number of halogens is 3. The Balaban J connectivity index is 1.84. The Labute approximate surface area is 152 Å². The van der Waals surface area contributed by atoms with Gasteiger partial charge in [-0.25, -0.2) is 0 Å². The van der Waals surface area contributed by atoms with Gasteiger partial charge in [0.25, 0.3) is 0 Å². The van der Waals surface area contributed by atoms with E-state index in [-0.39, 0.29) is 5.75 Å². The van der Waals surface area contributed by atoms with Gasteiger partial charge in [0.05, 0.1) is 0 Å². The Hall–Kier alpha value is -1.49. The summed E-state index contributed by atoms with van der Waals surface area (Å²) in [5.41, 5.74) is -0.833. The first-order valence-corrected chi connectivity index (χ1v) is 8.78. The lowest BCUT2D eigenvalue weighted by molar-refractivity contribution is -0.263. The van der Waals surface area contributed by atoms with E-state index in [0.29, 0.717) is 5.17 Å². The highest BCUT2D eigenvalue weighted by Gasteiger charge is 2.57. The van der Waals surface area contributed by atoms with Crippen LogP contribution in [0.3, 0.4) is 0 Å². The number of rotatable bonds is 3. The van der Waals surface area contributed by atoms with Gasteiger partial charge >= 0.3 is 6.18 Å². The first-order chi connectivity index (χ1) is 12.2. The summed E-state index contributed by atoms with van der Waals surface area (Å²) < 4.78 is 51.4. The van der Waals surface area contributed by atoms with E-state index in [4.69, 9.17) is 9.47 Å². The van der Waals surface area contributed by atoms with Crippen molar-refractivity contribution in [1.29, 1.82) is 0 Å². The quantitative estimate of drug-likeness (QED) is 0.812. The van der Waals surface area contributed by atoms with E-state index in [1.54, 1.807) is 25.1 Å². The van der Waals surface area contributed by atoms with Crippen LogP contribution in [0, 0.1) is 0 Å². The SMILES string of the molecule is CN(C)C1=N[C@@H]2C(O)[C@H](O)[C@@H](C(Oc3ccccc3)C(F)(F)F)O[C@@H]2S1. The van der Waals surface area contributed by atoms with Gasteiger partial charge in [-0.3, -0.25) is 4.99 Å². The molecule has 2 N–H and O–H groups in total. The summed E-state index contributed by atoms with van der Waals surface area (Å²) in [5.74, 6) is -0.00783. The summed E-state index contributed by atoms with van der Waals surface area (Å²) in [6.45, 7) is 0. The molecule has 2 aliphatic rings. The minimum absolute atomic E-state index is 0.00783. The molecule has 6 atom stereocenters. The molecule has 2 aliphatic heterocycles. The fourth-order valence-electron chi connectivity index (χ4n) is 2.81. The lowest BCUT2D eigenvalue weighted by Gasteiger charge is -2.41. The first-order valence-electron chi connectivity index (χ1n) is 7.90. The predicted molar refractivity (Wildman–Crippen MR) is 90.1 cm³/mol. The number of aliphatic imine (C=N–C) groups is 1. The maximum absolute atomic E-state index is 13.6. The van der Waals surface area contributed by atoms with E-state index in [0.717, 1.165) is 11.8 Å². The lowest BCUT2D eigenvalue weighted by Crippen LogP contribution is -2.62. The molecule has 0 amide bonds. The number of hydrogen-bond acceptors (Lipinski definition) is 7. The minimum Gasteiger partial charge on any atom is -0.478 e. The van der Waals surface area contributed by atoms with Crippen molar-refractivity contribution in [2.24, 2.45) is 4.99 Å². The normalized spacial score (nSPS) is 32.6. The highest BCUT2D eigenvalue weighted by atomic mass is 32.2. The second-order valence-electron chi connectivity index (χ2n) is 6.26. The summed E-state index contributed by atoms with van der Waals surface area (Å²) >= 11 is 1.11. The number of alkyl halides is 3. The van der Waals surface area contributed by atoms with Crippen LogP contribution < -0.4 is 4.74 Å². The van der Waals surface area contributed by atoms with E-state index in [9.17, 15) is 23.4 Å². The Morgan fingerprint density at radius 2 is 1.85 bits per heavy atom. The zero-order valence-electron chi connectivity index (χ0n) is 14.0. The van der Waals surface area contributed by atoms with Crippen LogP contribution in [0.4, 0.5) is 13.2 Å². The summed E-state index contributed by atoms with van der Waals surface area (Å²) in [6, 6.07) is 6.64. The molecule has 3 rings (SSSR count). The molecule has 144 valence electrons. The molecule has 0 radical (unpaired) electrons. The van der Waals surface area contributed by atoms with E-state index >= 15 is 0 Å². The maximum Gasteiger partial charge on any atom is 0.428 e. The van der Waals surface area contributed by atoms with Gasteiger partial charge in [0.15, 0.2) is 5.17 Å². The molecule has 26 heavy (non-hydrogen) atoms. The number of benzene rings is 1. The number of ether oxygens (including phenoxy) is 2. The Morgan fingerprint density at radius 3 is 2.42 bits per heavy atom. The maximum atomic E-state index is 13.6. The van der Waals surface area contributed by atoms with Crippen molar-refractivity contribution in [3.63, 3.8) is 0 Å². The van der Waals surface area contributed by atoms with Crippen LogP contribution in [-0.4, -0.2) is 76.4 Å². The molecular weight excluding hydrogens is 373 g/mol. The van der Waals surface area contributed by atoms with Crippen LogP contribution in [0.15, 0.2) is 35.3 Å². The minimum atomic E-state index is -4.80. The Morgan fingerprint density at radius 1 is 1.19 bits per heavy atom. The van der Waals surface area contributed by atoms with Crippen molar-refractivity contribution in [3.8, 4) is 5.75 Å². The van der Waals surface area contributed by atoms with E-state index < -0.39 is 42.1 Å². The van der Waals surface area contributed by atoms with Crippen molar-refractivity contribution in [2.45, 2.75) is 42.1 Å². The van der Waals surface area contributed by atoms with Gasteiger partial charge in [-0.05, 0) is 12.1 Å². The van der Waals surface area contributed by atoms with Gasteiger partial charge in [0.2, 0.25) is 6.10 Å². The van der Waals surface area contributed by atoms with E-state index in [2.05, 4.69) is 4.99 Å². The first kappa shape index (κ1) is 19.3. The molecular formula is C16H19F3N2O4S. The molecule has 0 saturated carbocycles. The number of nitrogens with zero attached hydrogens (tertiary/aromatic N) is 2. The highest BCUT2D eigenvalue weighted by molar-refractivity contribution is 8.14. The van der Waals surface area contributed by atoms with Crippen molar-refractivity contribution >= 4 is 16.9 Å². The standard InChI is InChI=1S/C16H19F3N2O4S/c1-21(2)15-20-9-10(22)11(23)12(25-14(9)26-15)13(16(17,18)19)24-8-6-4-3-5-7-8/h3-7,9-14,22-23H,1-2H3/t9-,10?,11+,12+,13?,14-/m1/s1. The Kier molecular flexibility index (Phi) is 5.38. The van der Waals surface area contributed by atoms with Crippen LogP contribution in [0.5, 0.6) is 5.75 Å². The molecule has 0 aromatic heterocycles. The van der Waals surface area contributed by atoms with Gasteiger partial charge in [-0.1, -0.05) is 30.0 Å². The van der Waals surface area contributed by atoms with Gasteiger partial charge in [0.1, 0.15) is 35.5 Å². The fraction of sp³-hybridized carbons (Fsp3) is 0.562. The molecule has 1 aromatic rings. The summed E-state index contributed by atoms with van der Waals surface area (Å²) in [4.78, 5) is 5.90. The van der Waals surface area contributed by atoms with Gasteiger partial charge in [0, 0.05) is 14.1 Å². The van der Waals surface area contributed by atoms with Crippen LogP contribution in [-0.2, 0) is 4.74 Å². The van der Waals surface area contributed by atoms with Crippen molar-refractivity contribution < 1.29 is 32.9 Å². The third-order valence-corrected chi connectivity index (χ3v) is 5.40. The number of thioether (sulfide) groups is 1. The zero-order chi connectivity index (χ0) is 19.1. The number of hydrogen-bond donors (Lipinski definition) is 2. The van der Waals surface area contributed by atoms with Gasteiger partial charge < -0.3 is 24.6 Å². The largest absolute Gasteiger partial charge is 0.478 e. The van der Waals surface area contributed by atoms with Gasteiger partial charge in [-0.2, -0.15) is 13.2 Å².